The number of imidazole rings is 1. The number of rotatable bonds is 5. The number of likely N-dealkylation sites (tertiary alicyclic amines) is 1. The molecule has 5 nitrogen and oxygen atoms in total. The van der Waals surface area contributed by atoms with Crippen molar-refractivity contribution in [1.29, 1.82) is 0 Å². The summed E-state index contributed by atoms with van der Waals surface area (Å²) in [6, 6.07) is 0.444. The highest BCUT2D eigenvalue weighted by Crippen LogP contribution is 2.34. The van der Waals surface area contributed by atoms with Crippen molar-refractivity contribution in [3.63, 3.8) is 0 Å². The lowest BCUT2D eigenvalue weighted by atomic mass is 10.2. The minimum absolute atomic E-state index is 0.0180. The van der Waals surface area contributed by atoms with Crippen LogP contribution < -0.4 is 0 Å². The Bertz CT molecular complexity index is 491. The van der Waals surface area contributed by atoms with E-state index in [1.807, 2.05) is 4.90 Å². The molecular weight excluding hydrogens is 286 g/mol. The van der Waals surface area contributed by atoms with Crippen LogP contribution in [-0.4, -0.2) is 44.3 Å². The summed E-state index contributed by atoms with van der Waals surface area (Å²) in [6.07, 6.45) is 8.79. The van der Waals surface area contributed by atoms with Crippen molar-refractivity contribution in [2.75, 3.05) is 18.8 Å². The van der Waals surface area contributed by atoms with E-state index in [1.165, 1.54) is 24.6 Å². The average molecular weight is 309 g/mol. The zero-order chi connectivity index (χ0) is 14.7. The molecule has 0 atom stereocenters. The van der Waals surface area contributed by atoms with Gasteiger partial charge in [-0.15, -0.1) is 0 Å². The molecule has 1 aliphatic carbocycles. The van der Waals surface area contributed by atoms with Crippen LogP contribution in [0, 0.1) is 0 Å². The Morgan fingerprint density at radius 2 is 2.00 bits per heavy atom. The van der Waals surface area contributed by atoms with Gasteiger partial charge in [-0.3, -0.25) is 4.79 Å². The third kappa shape index (κ3) is 3.26. The van der Waals surface area contributed by atoms with E-state index in [-0.39, 0.29) is 12.5 Å². The number of amides is 1. The molecule has 1 aliphatic heterocycles. The quantitative estimate of drug-likeness (QED) is 0.847. The average Bonchev–Trinajstić information content (AvgIpc) is 3.24. The molecule has 1 N–H and O–H groups in total. The molecule has 1 amide bonds. The van der Waals surface area contributed by atoms with Gasteiger partial charge >= 0.3 is 0 Å². The topological polar surface area (TPSA) is 58.4 Å². The second kappa shape index (κ2) is 6.83. The summed E-state index contributed by atoms with van der Waals surface area (Å²) >= 11 is 1.51. The van der Waals surface area contributed by atoms with Crippen molar-refractivity contribution in [2.24, 2.45) is 0 Å². The van der Waals surface area contributed by atoms with Gasteiger partial charge in [0, 0.05) is 19.1 Å². The molecule has 116 valence electrons. The lowest BCUT2D eigenvalue weighted by Crippen LogP contribution is -2.29. The fraction of sp³-hybridized carbons (Fsp3) is 0.733. The molecule has 21 heavy (non-hydrogen) atoms. The van der Waals surface area contributed by atoms with Gasteiger partial charge in [0.2, 0.25) is 5.91 Å². The second-order valence-electron chi connectivity index (χ2n) is 5.88. The number of carbonyl (C=O) groups is 1. The number of aromatic nitrogens is 2. The maximum absolute atomic E-state index is 12.1. The van der Waals surface area contributed by atoms with Crippen molar-refractivity contribution in [3.05, 3.63) is 11.9 Å². The molecule has 1 aromatic rings. The lowest BCUT2D eigenvalue weighted by molar-refractivity contribution is -0.127. The molecule has 1 saturated heterocycles. The van der Waals surface area contributed by atoms with Crippen molar-refractivity contribution < 1.29 is 9.90 Å². The monoisotopic (exact) mass is 309 g/mol. The van der Waals surface area contributed by atoms with Crippen LogP contribution in [0.1, 0.15) is 50.3 Å². The fourth-order valence-corrected chi connectivity index (χ4v) is 4.31. The van der Waals surface area contributed by atoms with Crippen molar-refractivity contribution in [2.45, 2.75) is 56.3 Å². The summed E-state index contributed by atoms with van der Waals surface area (Å²) < 4.78 is 2.16. The molecule has 0 aromatic carbocycles. The molecule has 6 heteroatoms. The van der Waals surface area contributed by atoms with E-state index < -0.39 is 0 Å². The normalized spacial score (nSPS) is 19.6. The molecule has 0 spiro atoms. The van der Waals surface area contributed by atoms with E-state index in [4.69, 9.17) is 0 Å². The van der Waals surface area contributed by atoms with E-state index in [0.29, 0.717) is 11.8 Å². The summed E-state index contributed by atoms with van der Waals surface area (Å²) in [5.74, 6) is 0.665. The van der Waals surface area contributed by atoms with Gasteiger partial charge in [0.25, 0.3) is 0 Å². The van der Waals surface area contributed by atoms with Gasteiger partial charge in [-0.25, -0.2) is 4.98 Å². The Kier molecular flexibility index (Phi) is 4.85. The number of aliphatic hydroxyl groups excluding tert-OH is 1. The van der Waals surface area contributed by atoms with Gasteiger partial charge in [-0.2, -0.15) is 0 Å². The molecule has 0 unspecified atom stereocenters. The largest absolute Gasteiger partial charge is 0.390 e. The van der Waals surface area contributed by atoms with Crippen molar-refractivity contribution in [3.8, 4) is 0 Å². The second-order valence-corrected chi connectivity index (χ2v) is 6.82. The van der Waals surface area contributed by atoms with Gasteiger partial charge in [0.05, 0.1) is 24.3 Å². The number of nitrogens with zero attached hydrogens (tertiary/aromatic N) is 3. The standard InChI is InChI=1S/C15H23N3O2S/c19-10-13-9-16-15(18(13)12-5-1-2-6-12)21-11-14(20)17-7-3-4-8-17/h9,12,19H,1-8,10-11H2. The SMILES string of the molecule is O=C(CSc1ncc(CO)n1C1CCCC1)N1CCCC1. The minimum atomic E-state index is 0.0180. The molecule has 2 heterocycles. The molecule has 1 saturated carbocycles. The van der Waals surface area contributed by atoms with Crippen molar-refractivity contribution in [1.82, 2.24) is 14.5 Å². The molecule has 0 bridgehead atoms. The molecule has 2 aliphatic rings. The fourth-order valence-electron chi connectivity index (χ4n) is 3.34. The molecule has 2 fully saturated rings. The number of hydrogen-bond acceptors (Lipinski definition) is 4. The van der Waals surface area contributed by atoms with E-state index in [0.717, 1.165) is 49.6 Å². The molecule has 3 rings (SSSR count). The lowest BCUT2D eigenvalue weighted by Gasteiger charge is -2.18. The zero-order valence-corrected chi connectivity index (χ0v) is 13.1. The van der Waals surface area contributed by atoms with Gasteiger partial charge in [0.15, 0.2) is 5.16 Å². The highest BCUT2D eigenvalue weighted by molar-refractivity contribution is 7.99. The van der Waals surface area contributed by atoms with Crippen LogP contribution in [0.25, 0.3) is 0 Å². The maximum Gasteiger partial charge on any atom is 0.233 e. The highest BCUT2D eigenvalue weighted by atomic mass is 32.2. The minimum Gasteiger partial charge on any atom is -0.390 e. The van der Waals surface area contributed by atoms with Crippen LogP contribution in [0.2, 0.25) is 0 Å². The Morgan fingerprint density at radius 1 is 1.29 bits per heavy atom. The maximum atomic E-state index is 12.1. The predicted molar refractivity (Wildman–Crippen MR) is 82.2 cm³/mol. The molecular formula is C15H23N3O2S. The zero-order valence-electron chi connectivity index (χ0n) is 12.3. The van der Waals surface area contributed by atoms with Gasteiger partial charge < -0.3 is 14.6 Å². The molecule has 0 radical (unpaired) electrons. The Hall–Kier alpha value is -1.01. The van der Waals surface area contributed by atoms with Crippen LogP contribution in [-0.2, 0) is 11.4 Å². The predicted octanol–water partition coefficient (Wildman–Crippen LogP) is 2.21. The van der Waals surface area contributed by atoms with Crippen LogP contribution in [0.15, 0.2) is 11.4 Å². The van der Waals surface area contributed by atoms with E-state index in [9.17, 15) is 9.90 Å². The van der Waals surface area contributed by atoms with Crippen molar-refractivity contribution >= 4 is 17.7 Å². The Balaban J connectivity index is 1.67. The van der Waals surface area contributed by atoms with Crippen LogP contribution in [0.4, 0.5) is 0 Å². The van der Waals surface area contributed by atoms with Crippen LogP contribution in [0.5, 0.6) is 0 Å². The van der Waals surface area contributed by atoms with E-state index in [2.05, 4.69) is 9.55 Å². The first-order valence-electron chi connectivity index (χ1n) is 7.87. The summed E-state index contributed by atoms with van der Waals surface area (Å²) in [7, 11) is 0. The van der Waals surface area contributed by atoms with E-state index in [1.54, 1.807) is 6.20 Å². The third-order valence-electron chi connectivity index (χ3n) is 4.47. The van der Waals surface area contributed by atoms with Gasteiger partial charge in [-0.1, -0.05) is 24.6 Å². The highest BCUT2D eigenvalue weighted by Gasteiger charge is 2.24. The third-order valence-corrected chi connectivity index (χ3v) is 5.43. The smallest absolute Gasteiger partial charge is 0.233 e. The van der Waals surface area contributed by atoms with E-state index >= 15 is 0 Å². The molecule has 1 aromatic heterocycles. The van der Waals surface area contributed by atoms with Gasteiger partial charge in [0.1, 0.15) is 0 Å². The van der Waals surface area contributed by atoms with Crippen LogP contribution >= 0.6 is 11.8 Å². The number of hydrogen-bond donors (Lipinski definition) is 1. The van der Waals surface area contributed by atoms with Crippen LogP contribution in [0.3, 0.4) is 0 Å². The first-order valence-corrected chi connectivity index (χ1v) is 8.85. The first-order chi connectivity index (χ1) is 10.3. The number of carbonyl (C=O) groups excluding carboxylic acids is 1. The Labute approximate surface area is 129 Å². The van der Waals surface area contributed by atoms with Gasteiger partial charge in [-0.05, 0) is 25.7 Å². The summed E-state index contributed by atoms with van der Waals surface area (Å²) in [5, 5.41) is 10.4. The number of aliphatic hydroxyl groups is 1. The number of thioether (sulfide) groups is 1. The summed E-state index contributed by atoms with van der Waals surface area (Å²) in [6.45, 7) is 1.82. The summed E-state index contributed by atoms with van der Waals surface area (Å²) in [4.78, 5) is 18.5. The summed E-state index contributed by atoms with van der Waals surface area (Å²) in [5.41, 5.74) is 0.873. The Morgan fingerprint density at radius 3 is 2.67 bits per heavy atom. The first kappa shape index (κ1) is 14.9.